The molecule has 0 aliphatic carbocycles. The number of benzene rings is 1. The van der Waals surface area contributed by atoms with Crippen LogP contribution in [0.3, 0.4) is 0 Å². The second kappa shape index (κ2) is 9.20. The van der Waals surface area contributed by atoms with Gasteiger partial charge in [-0.15, -0.1) is 0 Å². The van der Waals surface area contributed by atoms with Crippen molar-refractivity contribution < 1.29 is 39.0 Å². The number of hydrogen-bond acceptors (Lipinski definition) is 5. The molecule has 3 rings (SSSR count). The van der Waals surface area contributed by atoms with Gasteiger partial charge in [0.05, 0.1) is 13.2 Å². The summed E-state index contributed by atoms with van der Waals surface area (Å²) >= 11 is 0. The number of rotatable bonds is 4. The van der Waals surface area contributed by atoms with E-state index >= 15 is 0 Å². The Morgan fingerprint density at radius 2 is 1.67 bits per heavy atom. The minimum Gasteiger partial charge on any atom is -1.00 e. The van der Waals surface area contributed by atoms with Crippen molar-refractivity contribution in [2.24, 2.45) is 0 Å². The predicted octanol–water partition coefficient (Wildman–Crippen LogP) is -4.79. The van der Waals surface area contributed by atoms with Gasteiger partial charge in [-0.05, 0) is 12.1 Å². The summed E-state index contributed by atoms with van der Waals surface area (Å²) in [7, 11) is 0. The maximum Gasteiger partial charge on any atom is 0.163 e. The molecule has 0 radical (unpaired) electrons. The Morgan fingerprint density at radius 1 is 0.952 bits per heavy atom. The number of fused-ring (bicyclic) bond motifs is 1. The van der Waals surface area contributed by atoms with Crippen LogP contribution in [0, 0.1) is 0 Å². The second-order valence-corrected chi connectivity index (χ2v) is 4.74. The van der Waals surface area contributed by atoms with E-state index in [0.717, 1.165) is 56.6 Å². The first-order chi connectivity index (χ1) is 9.42. The summed E-state index contributed by atoms with van der Waals surface area (Å²) in [4.78, 5) is 2.41. The van der Waals surface area contributed by atoms with E-state index in [1.807, 2.05) is 18.2 Å². The summed E-state index contributed by atoms with van der Waals surface area (Å²) < 4.78 is 16.4. The van der Waals surface area contributed by atoms with Crippen LogP contribution >= 0.6 is 0 Å². The lowest BCUT2D eigenvalue weighted by atomic mass is 10.2. The van der Waals surface area contributed by atoms with Crippen LogP contribution < -0.4 is 39.6 Å². The molecule has 7 heteroatoms. The molecule has 0 amide bonds. The van der Waals surface area contributed by atoms with Gasteiger partial charge in [-0.1, -0.05) is 0 Å². The minimum absolute atomic E-state index is 0. The molecule has 1 aromatic rings. The number of nitrogens with zero attached hydrogens (tertiary/aromatic N) is 1. The number of morpholine rings is 1. The second-order valence-electron chi connectivity index (χ2n) is 4.74. The van der Waals surface area contributed by atoms with E-state index in [-0.39, 0.29) is 24.8 Å². The molecule has 1 aromatic carbocycles. The average molecular weight is 335 g/mol. The summed E-state index contributed by atoms with van der Waals surface area (Å²) in [5.74, 6) is 1.67. The van der Waals surface area contributed by atoms with E-state index in [0.29, 0.717) is 13.2 Å². The number of anilines is 1. The van der Waals surface area contributed by atoms with Crippen LogP contribution in [0.15, 0.2) is 18.2 Å². The third-order valence-corrected chi connectivity index (χ3v) is 3.40. The lowest BCUT2D eigenvalue weighted by Gasteiger charge is -2.26. The molecule has 0 unspecified atom stereocenters. The fraction of sp³-hybridized carbons (Fsp3) is 0.571. The summed E-state index contributed by atoms with van der Waals surface area (Å²) in [5.41, 5.74) is 1.08. The van der Waals surface area contributed by atoms with Crippen molar-refractivity contribution in [3.8, 4) is 11.5 Å². The van der Waals surface area contributed by atoms with Crippen LogP contribution in [0.4, 0.5) is 5.69 Å². The monoisotopic (exact) mass is 334 g/mol. The first-order valence-electron chi connectivity index (χ1n) is 6.85. The Kier molecular flexibility index (Phi) is 7.96. The van der Waals surface area contributed by atoms with Gasteiger partial charge >= 0.3 is 0 Å². The normalized spacial score (nSPS) is 17.3. The van der Waals surface area contributed by atoms with Gasteiger partial charge in [0.25, 0.3) is 0 Å². The van der Waals surface area contributed by atoms with Crippen LogP contribution in [0.25, 0.3) is 0 Å². The molecule has 1 N–H and O–H groups in total. The molecule has 1 saturated heterocycles. The van der Waals surface area contributed by atoms with E-state index in [1.54, 1.807) is 0 Å². The van der Waals surface area contributed by atoms with E-state index in [9.17, 15) is 0 Å². The fourth-order valence-electron chi connectivity index (χ4n) is 2.34. The third kappa shape index (κ3) is 5.11. The maximum atomic E-state index is 5.57. The van der Waals surface area contributed by atoms with Gasteiger partial charge < -0.3 is 44.3 Å². The van der Waals surface area contributed by atoms with Crippen molar-refractivity contribution in [3.63, 3.8) is 0 Å². The number of ether oxygens (including phenoxy) is 3. The highest BCUT2D eigenvalue weighted by Gasteiger charge is 2.12. The molecule has 120 valence electrons. The fourth-order valence-corrected chi connectivity index (χ4v) is 2.34. The molecule has 0 spiro atoms. The molecule has 0 bridgehead atoms. The Bertz CT molecular complexity index is 429. The lowest BCUT2D eigenvalue weighted by molar-refractivity contribution is -0.001000. The van der Waals surface area contributed by atoms with Crippen molar-refractivity contribution >= 4 is 5.69 Å². The Morgan fingerprint density at radius 3 is 2.43 bits per heavy atom. The van der Waals surface area contributed by atoms with E-state index in [2.05, 4.69) is 10.2 Å². The Balaban J connectivity index is 0.00000110. The van der Waals surface area contributed by atoms with Gasteiger partial charge in [0, 0.05) is 37.9 Å². The van der Waals surface area contributed by atoms with Crippen LogP contribution in [0.2, 0.25) is 0 Å². The highest BCUT2D eigenvalue weighted by Crippen LogP contribution is 2.32. The highest BCUT2D eigenvalue weighted by atomic mass is 35.5. The van der Waals surface area contributed by atoms with Crippen molar-refractivity contribution in [2.45, 2.75) is 0 Å². The van der Waals surface area contributed by atoms with Gasteiger partial charge in [-0.2, -0.15) is 0 Å². The number of nitrogens with one attached hydrogen (secondary N) is 1. The Hall–Kier alpha value is -0.880. The predicted molar refractivity (Wildman–Crippen MR) is 73.2 cm³/mol. The molecule has 21 heavy (non-hydrogen) atoms. The van der Waals surface area contributed by atoms with E-state index in [1.165, 1.54) is 0 Å². The molecule has 2 aliphatic rings. The molecule has 2 aliphatic heterocycles. The van der Waals surface area contributed by atoms with Crippen molar-refractivity contribution in [3.05, 3.63) is 18.2 Å². The molecule has 0 saturated carbocycles. The third-order valence-electron chi connectivity index (χ3n) is 3.40. The number of hydrogen-bond donors (Lipinski definition) is 1. The zero-order valence-electron chi connectivity index (χ0n) is 11.8. The van der Waals surface area contributed by atoms with Gasteiger partial charge in [-0.3, -0.25) is 4.90 Å². The first kappa shape index (κ1) is 18.2. The van der Waals surface area contributed by atoms with Gasteiger partial charge in [0.15, 0.2) is 11.5 Å². The van der Waals surface area contributed by atoms with Crippen LogP contribution in [0.1, 0.15) is 0 Å². The summed E-state index contributed by atoms with van der Waals surface area (Å²) in [6.07, 6.45) is 0. The molecule has 5 nitrogen and oxygen atoms in total. The molecule has 1 fully saturated rings. The zero-order valence-corrected chi connectivity index (χ0v) is 13.3. The standard InChI is InChI=1S/C14H20N2O3.2ClH/c1-2-13-14(19-10-9-18-13)11-12(1)15-3-4-16-5-7-17-8-6-16;;/h1-2,11,15H,3-10H2;2*1H/p-2. The van der Waals surface area contributed by atoms with Crippen LogP contribution in [0.5, 0.6) is 11.5 Å². The van der Waals surface area contributed by atoms with Gasteiger partial charge in [0.1, 0.15) is 13.2 Å². The molecule has 2 heterocycles. The SMILES string of the molecule is [Cl-].[Cl-].c1cc2c(cc1NCCN1CCOCC1)OCCO2. The van der Waals surface area contributed by atoms with Crippen molar-refractivity contribution in [2.75, 3.05) is 57.9 Å². The van der Waals surface area contributed by atoms with Crippen LogP contribution in [-0.2, 0) is 4.74 Å². The van der Waals surface area contributed by atoms with E-state index < -0.39 is 0 Å². The zero-order chi connectivity index (χ0) is 12.9. The summed E-state index contributed by atoms with van der Waals surface area (Å²) in [6, 6.07) is 6.01. The van der Waals surface area contributed by atoms with Crippen LogP contribution in [-0.4, -0.2) is 57.5 Å². The van der Waals surface area contributed by atoms with Crippen molar-refractivity contribution in [1.82, 2.24) is 4.90 Å². The quantitative estimate of drug-likeness (QED) is 0.599. The average Bonchev–Trinajstić information content (AvgIpc) is 2.48. The first-order valence-corrected chi connectivity index (χ1v) is 6.85. The smallest absolute Gasteiger partial charge is 0.163 e. The topological polar surface area (TPSA) is 43.0 Å². The van der Waals surface area contributed by atoms with E-state index in [4.69, 9.17) is 14.2 Å². The minimum atomic E-state index is 0. The summed E-state index contributed by atoms with van der Waals surface area (Å²) in [6.45, 7) is 7.00. The van der Waals surface area contributed by atoms with Crippen molar-refractivity contribution in [1.29, 1.82) is 0 Å². The number of halogens is 2. The lowest BCUT2D eigenvalue weighted by Crippen LogP contribution is -3.00. The molecular formula is C14H20Cl2N2O3-2. The maximum absolute atomic E-state index is 5.57. The molecule has 0 atom stereocenters. The molecule has 0 aromatic heterocycles. The Labute approximate surface area is 137 Å². The van der Waals surface area contributed by atoms with Gasteiger partial charge in [-0.25, -0.2) is 0 Å². The largest absolute Gasteiger partial charge is 1.00 e. The molecular weight excluding hydrogens is 315 g/mol. The highest BCUT2D eigenvalue weighted by molar-refractivity contribution is 5.55. The summed E-state index contributed by atoms with van der Waals surface area (Å²) in [5, 5.41) is 3.42. The van der Waals surface area contributed by atoms with Gasteiger partial charge in [0.2, 0.25) is 0 Å².